The van der Waals surface area contributed by atoms with E-state index in [1.165, 1.54) is 38.3 Å². The van der Waals surface area contributed by atoms with E-state index < -0.39 is 11.9 Å². The highest BCUT2D eigenvalue weighted by Crippen LogP contribution is 2.33. The number of carboxylic acid groups (broad SMARTS) is 1. The standard InChI is InChI=1S/C26H23N5O5S/c1-35-20-14-13-18(22(25(33)34)23(20)36-2)15-27-28-21(32)16-37-26-30-29-24(17-9-5-3-6-10-17)31(26)19-11-7-4-8-12-19/h3-15H,16H2,1-2H3,(H,28,32)(H,33,34)/b27-15+. The number of nitrogens with one attached hydrogen (secondary N) is 1. The molecule has 4 rings (SSSR count). The number of para-hydroxylation sites is 1. The zero-order chi connectivity index (χ0) is 26.2. The van der Waals surface area contributed by atoms with Gasteiger partial charge in [0, 0.05) is 16.8 Å². The molecule has 0 saturated heterocycles. The molecular weight excluding hydrogens is 494 g/mol. The SMILES string of the molecule is COc1ccc(/C=N/NC(=O)CSc2nnc(-c3ccccc3)n2-c2ccccc2)c(C(=O)O)c1OC. The van der Waals surface area contributed by atoms with Gasteiger partial charge in [-0.05, 0) is 24.3 Å². The Hall–Kier alpha value is -4.64. The van der Waals surface area contributed by atoms with Crippen LogP contribution in [0.25, 0.3) is 17.1 Å². The van der Waals surface area contributed by atoms with Crippen LogP contribution in [0, 0.1) is 0 Å². The lowest BCUT2D eigenvalue weighted by Crippen LogP contribution is -2.20. The molecule has 4 aromatic rings. The van der Waals surface area contributed by atoms with Gasteiger partial charge in [-0.1, -0.05) is 60.3 Å². The van der Waals surface area contributed by atoms with Crippen molar-refractivity contribution in [2.24, 2.45) is 5.10 Å². The number of benzene rings is 3. The molecule has 0 unspecified atom stereocenters. The zero-order valence-corrected chi connectivity index (χ0v) is 20.8. The summed E-state index contributed by atoms with van der Waals surface area (Å²) in [5, 5.41) is 22.7. The van der Waals surface area contributed by atoms with Crippen molar-refractivity contribution < 1.29 is 24.2 Å². The third-order valence-corrected chi connectivity index (χ3v) is 6.13. The summed E-state index contributed by atoms with van der Waals surface area (Å²) in [5.41, 5.74) is 4.29. The van der Waals surface area contributed by atoms with Gasteiger partial charge in [-0.25, -0.2) is 10.2 Å². The molecule has 0 radical (unpaired) electrons. The van der Waals surface area contributed by atoms with Crippen molar-refractivity contribution in [3.63, 3.8) is 0 Å². The molecule has 10 nitrogen and oxygen atoms in total. The summed E-state index contributed by atoms with van der Waals surface area (Å²) in [6.45, 7) is 0. The summed E-state index contributed by atoms with van der Waals surface area (Å²) < 4.78 is 12.2. The summed E-state index contributed by atoms with van der Waals surface area (Å²) in [6, 6.07) is 22.4. The first-order valence-electron chi connectivity index (χ1n) is 11.0. The molecular formula is C26H23N5O5S. The van der Waals surface area contributed by atoms with Crippen LogP contribution in [0.15, 0.2) is 83.1 Å². The Balaban J connectivity index is 1.49. The lowest BCUT2D eigenvalue weighted by atomic mass is 10.1. The molecule has 0 fully saturated rings. The normalized spacial score (nSPS) is 10.9. The third kappa shape index (κ3) is 5.78. The summed E-state index contributed by atoms with van der Waals surface area (Å²) in [4.78, 5) is 24.3. The fourth-order valence-electron chi connectivity index (χ4n) is 3.55. The van der Waals surface area contributed by atoms with Gasteiger partial charge in [-0.2, -0.15) is 5.10 Å². The largest absolute Gasteiger partial charge is 0.493 e. The monoisotopic (exact) mass is 517 g/mol. The minimum atomic E-state index is -1.21. The fraction of sp³-hybridized carbons (Fsp3) is 0.115. The number of rotatable bonds is 10. The van der Waals surface area contributed by atoms with Crippen LogP contribution >= 0.6 is 11.8 Å². The molecule has 1 amide bonds. The first-order valence-corrected chi connectivity index (χ1v) is 12.0. The van der Waals surface area contributed by atoms with Gasteiger partial charge >= 0.3 is 5.97 Å². The molecule has 2 N–H and O–H groups in total. The van der Waals surface area contributed by atoms with Gasteiger partial charge in [0.15, 0.2) is 22.5 Å². The third-order valence-electron chi connectivity index (χ3n) is 5.20. The average Bonchev–Trinajstić information content (AvgIpc) is 3.36. The van der Waals surface area contributed by atoms with Crippen LogP contribution in [0.3, 0.4) is 0 Å². The molecule has 0 aliphatic carbocycles. The van der Waals surface area contributed by atoms with Crippen LogP contribution in [-0.4, -0.2) is 57.9 Å². The molecule has 37 heavy (non-hydrogen) atoms. The number of thioether (sulfide) groups is 1. The predicted octanol–water partition coefficient (Wildman–Crippen LogP) is 3.89. The van der Waals surface area contributed by atoms with Gasteiger partial charge in [0.2, 0.25) is 0 Å². The van der Waals surface area contributed by atoms with E-state index in [2.05, 4.69) is 20.7 Å². The van der Waals surface area contributed by atoms with Crippen LogP contribution < -0.4 is 14.9 Å². The van der Waals surface area contributed by atoms with E-state index >= 15 is 0 Å². The van der Waals surface area contributed by atoms with Crippen LogP contribution in [0.5, 0.6) is 11.5 Å². The number of ether oxygens (including phenoxy) is 2. The number of hydrogen-bond acceptors (Lipinski definition) is 8. The maximum Gasteiger partial charge on any atom is 0.340 e. The van der Waals surface area contributed by atoms with Gasteiger partial charge in [-0.15, -0.1) is 10.2 Å². The average molecular weight is 518 g/mol. The first-order chi connectivity index (χ1) is 18.0. The molecule has 0 bridgehead atoms. The minimum Gasteiger partial charge on any atom is -0.493 e. The number of carbonyl (C=O) groups excluding carboxylic acids is 1. The predicted molar refractivity (Wildman–Crippen MR) is 140 cm³/mol. The summed E-state index contributed by atoms with van der Waals surface area (Å²) in [7, 11) is 2.76. The Morgan fingerprint density at radius 3 is 2.35 bits per heavy atom. The molecule has 188 valence electrons. The minimum absolute atomic E-state index is 0.00875. The first kappa shape index (κ1) is 25.5. The quantitative estimate of drug-likeness (QED) is 0.184. The number of carbonyl (C=O) groups is 2. The van der Waals surface area contributed by atoms with Crippen LogP contribution in [0.1, 0.15) is 15.9 Å². The van der Waals surface area contributed by atoms with Crippen molar-refractivity contribution in [3.05, 3.63) is 83.9 Å². The lowest BCUT2D eigenvalue weighted by Gasteiger charge is -2.12. The Bertz CT molecular complexity index is 1420. The van der Waals surface area contributed by atoms with Gasteiger partial charge in [0.25, 0.3) is 5.91 Å². The van der Waals surface area contributed by atoms with Gasteiger partial charge in [0.1, 0.15) is 5.56 Å². The Morgan fingerprint density at radius 1 is 1.00 bits per heavy atom. The number of hydrogen-bond donors (Lipinski definition) is 2. The molecule has 1 aromatic heterocycles. The van der Waals surface area contributed by atoms with E-state index in [4.69, 9.17) is 9.47 Å². The van der Waals surface area contributed by atoms with Crippen molar-refractivity contribution in [2.75, 3.05) is 20.0 Å². The summed E-state index contributed by atoms with van der Waals surface area (Å²) in [6.07, 6.45) is 1.24. The van der Waals surface area contributed by atoms with Gasteiger partial charge in [-0.3, -0.25) is 9.36 Å². The molecule has 0 spiro atoms. The second kappa shape index (κ2) is 11.9. The highest BCUT2D eigenvalue weighted by atomic mass is 32.2. The van der Waals surface area contributed by atoms with E-state index in [1.54, 1.807) is 6.07 Å². The van der Waals surface area contributed by atoms with Gasteiger partial charge < -0.3 is 14.6 Å². The highest BCUT2D eigenvalue weighted by Gasteiger charge is 2.20. The Morgan fingerprint density at radius 2 is 1.70 bits per heavy atom. The molecule has 1 heterocycles. The van der Waals surface area contributed by atoms with Crippen molar-refractivity contribution in [2.45, 2.75) is 5.16 Å². The van der Waals surface area contributed by atoms with E-state index in [0.29, 0.717) is 11.0 Å². The second-order valence-corrected chi connectivity index (χ2v) is 8.44. The van der Waals surface area contributed by atoms with Crippen molar-refractivity contribution >= 4 is 29.9 Å². The molecule has 0 aliphatic rings. The lowest BCUT2D eigenvalue weighted by molar-refractivity contribution is -0.118. The second-order valence-electron chi connectivity index (χ2n) is 7.50. The van der Waals surface area contributed by atoms with E-state index in [9.17, 15) is 14.7 Å². The number of hydrazone groups is 1. The van der Waals surface area contributed by atoms with Crippen LogP contribution in [0.2, 0.25) is 0 Å². The van der Waals surface area contributed by atoms with Crippen molar-refractivity contribution in [1.29, 1.82) is 0 Å². The van der Waals surface area contributed by atoms with Gasteiger partial charge in [0.05, 0.1) is 26.2 Å². The van der Waals surface area contributed by atoms with Crippen LogP contribution in [-0.2, 0) is 4.79 Å². The van der Waals surface area contributed by atoms with Crippen LogP contribution in [0.4, 0.5) is 0 Å². The maximum atomic E-state index is 12.5. The number of aromatic nitrogens is 3. The number of aromatic carboxylic acids is 1. The van der Waals surface area contributed by atoms with Crippen molar-refractivity contribution in [1.82, 2.24) is 20.2 Å². The topological polar surface area (TPSA) is 128 Å². The number of amides is 1. The van der Waals surface area contributed by atoms with E-state index in [-0.39, 0.29) is 28.4 Å². The van der Waals surface area contributed by atoms with Crippen molar-refractivity contribution in [3.8, 4) is 28.6 Å². The number of nitrogens with zero attached hydrogens (tertiary/aromatic N) is 4. The number of methoxy groups -OCH3 is 2. The highest BCUT2D eigenvalue weighted by molar-refractivity contribution is 7.99. The number of carboxylic acids is 1. The fourth-order valence-corrected chi connectivity index (χ4v) is 4.30. The molecule has 0 atom stereocenters. The maximum absolute atomic E-state index is 12.5. The molecule has 11 heteroatoms. The summed E-state index contributed by atoms with van der Waals surface area (Å²) >= 11 is 1.20. The Labute approximate surface area is 217 Å². The Kier molecular flexibility index (Phi) is 8.16. The zero-order valence-electron chi connectivity index (χ0n) is 20.0. The summed E-state index contributed by atoms with van der Waals surface area (Å²) in [5.74, 6) is -0.613. The van der Waals surface area contributed by atoms with E-state index in [0.717, 1.165) is 11.3 Å². The molecule has 0 saturated carbocycles. The van der Waals surface area contributed by atoms with E-state index in [1.807, 2.05) is 65.2 Å². The smallest absolute Gasteiger partial charge is 0.340 e. The molecule has 0 aliphatic heterocycles. The molecule has 3 aromatic carbocycles.